The van der Waals surface area contributed by atoms with Gasteiger partial charge in [-0.05, 0) is 37.7 Å². The van der Waals surface area contributed by atoms with Crippen molar-refractivity contribution >= 4 is 17.7 Å². The number of pyridine rings is 1. The largest absolute Gasteiger partial charge is 0.481 e. The van der Waals surface area contributed by atoms with Gasteiger partial charge in [-0.2, -0.15) is 13.2 Å². The van der Waals surface area contributed by atoms with Crippen molar-refractivity contribution in [3.63, 3.8) is 0 Å². The summed E-state index contributed by atoms with van der Waals surface area (Å²) < 4.78 is 43.4. The van der Waals surface area contributed by atoms with Gasteiger partial charge in [0, 0.05) is 11.1 Å². The third-order valence-electron chi connectivity index (χ3n) is 4.62. The Morgan fingerprint density at radius 2 is 2.07 bits per heavy atom. The highest BCUT2D eigenvalue weighted by atomic mass is 19.4. The van der Waals surface area contributed by atoms with E-state index in [1.54, 1.807) is 12.1 Å². The zero-order valence-electron chi connectivity index (χ0n) is 15.1. The molecule has 27 heavy (non-hydrogen) atoms. The van der Waals surface area contributed by atoms with E-state index < -0.39 is 24.6 Å². The molecule has 0 bridgehead atoms. The number of alkyl halides is 3. The van der Waals surface area contributed by atoms with E-state index in [0.29, 0.717) is 30.0 Å². The summed E-state index contributed by atoms with van der Waals surface area (Å²) in [5.74, 6) is -1.34. The first kappa shape index (κ1) is 21.0. The fourth-order valence-corrected chi connectivity index (χ4v) is 3.00. The fourth-order valence-electron chi connectivity index (χ4n) is 3.00. The van der Waals surface area contributed by atoms with E-state index in [1.807, 2.05) is 6.08 Å². The quantitative estimate of drug-likeness (QED) is 0.729. The molecule has 5 nitrogen and oxygen atoms in total. The second-order valence-electron chi connectivity index (χ2n) is 6.55. The molecule has 2 rings (SSSR count). The normalized spacial score (nSPS) is 20.5. The van der Waals surface area contributed by atoms with Gasteiger partial charge >= 0.3 is 6.18 Å². The molecule has 0 unspecified atom stereocenters. The minimum absolute atomic E-state index is 0.0179. The highest BCUT2D eigenvalue weighted by Gasteiger charge is 2.40. The lowest BCUT2D eigenvalue weighted by Crippen LogP contribution is -2.27. The zero-order valence-corrected chi connectivity index (χ0v) is 15.1. The molecule has 0 saturated heterocycles. The van der Waals surface area contributed by atoms with E-state index in [0.717, 1.165) is 0 Å². The monoisotopic (exact) mass is 384 g/mol. The van der Waals surface area contributed by atoms with Crippen LogP contribution in [0.2, 0.25) is 0 Å². The van der Waals surface area contributed by atoms with Crippen LogP contribution in [-0.2, 0) is 4.79 Å². The van der Waals surface area contributed by atoms with Gasteiger partial charge in [-0.1, -0.05) is 18.7 Å². The first-order valence-corrected chi connectivity index (χ1v) is 8.63. The molecule has 0 atom stereocenters. The number of allylic oxidation sites excluding steroid dienone is 1. The van der Waals surface area contributed by atoms with Crippen LogP contribution in [0.5, 0.6) is 5.88 Å². The summed E-state index contributed by atoms with van der Waals surface area (Å²) in [6, 6.07) is 1.65. The number of carbonyl (C=O) groups is 1. The summed E-state index contributed by atoms with van der Waals surface area (Å²) >= 11 is 0. The van der Waals surface area contributed by atoms with Crippen LogP contribution < -0.4 is 10.1 Å². The molecular weight excluding hydrogens is 361 g/mol. The Kier molecular flexibility index (Phi) is 7.01. The Hall–Kier alpha value is -2.35. The second-order valence-corrected chi connectivity index (χ2v) is 6.55. The van der Waals surface area contributed by atoms with Gasteiger partial charge < -0.3 is 15.2 Å². The van der Waals surface area contributed by atoms with Crippen LogP contribution in [0.1, 0.15) is 31.2 Å². The van der Waals surface area contributed by atoms with Crippen molar-refractivity contribution in [1.29, 1.82) is 0 Å². The fraction of sp³-hybridized carbons (Fsp3) is 0.474. The molecule has 0 spiro atoms. The summed E-state index contributed by atoms with van der Waals surface area (Å²) in [5, 5.41) is 11.5. The van der Waals surface area contributed by atoms with Gasteiger partial charge in [0.05, 0.1) is 31.5 Å². The number of carbonyl (C=O) groups excluding carboxylic acids is 1. The van der Waals surface area contributed by atoms with Crippen LogP contribution >= 0.6 is 0 Å². The summed E-state index contributed by atoms with van der Waals surface area (Å²) in [7, 11) is 1.46. The van der Waals surface area contributed by atoms with Crippen molar-refractivity contribution in [2.75, 3.05) is 19.0 Å². The number of nitrogens with zero attached hydrogens (tertiary/aromatic N) is 1. The molecule has 148 valence electrons. The van der Waals surface area contributed by atoms with Crippen LogP contribution in [0, 0.1) is 11.8 Å². The topological polar surface area (TPSA) is 71.5 Å². The number of hydrogen-bond acceptors (Lipinski definition) is 4. The third-order valence-corrected chi connectivity index (χ3v) is 4.62. The lowest BCUT2D eigenvalue weighted by atomic mass is 9.81. The predicted molar refractivity (Wildman–Crippen MR) is 96.2 cm³/mol. The van der Waals surface area contributed by atoms with Gasteiger partial charge in [-0.25, -0.2) is 4.98 Å². The highest BCUT2D eigenvalue weighted by molar-refractivity contribution is 6.03. The molecular formula is C19H23F3N2O3. The van der Waals surface area contributed by atoms with Gasteiger partial charge in [0.25, 0.3) is 5.91 Å². The Morgan fingerprint density at radius 3 is 2.63 bits per heavy atom. The first-order chi connectivity index (χ1) is 12.7. The van der Waals surface area contributed by atoms with Crippen molar-refractivity contribution in [1.82, 2.24) is 4.98 Å². The molecule has 1 fully saturated rings. The average Bonchev–Trinajstić information content (AvgIpc) is 2.65. The molecule has 1 aliphatic carbocycles. The van der Waals surface area contributed by atoms with E-state index >= 15 is 0 Å². The van der Waals surface area contributed by atoms with Crippen molar-refractivity contribution in [3.05, 3.63) is 36.1 Å². The van der Waals surface area contributed by atoms with Crippen LogP contribution in [-0.4, -0.2) is 35.9 Å². The lowest BCUT2D eigenvalue weighted by molar-refractivity contribution is -0.183. The van der Waals surface area contributed by atoms with Gasteiger partial charge in [0.2, 0.25) is 5.88 Å². The van der Waals surface area contributed by atoms with Crippen molar-refractivity contribution in [3.8, 4) is 5.88 Å². The van der Waals surface area contributed by atoms with E-state index in [1.165, 1.54) is 13.3 Å². The minimum atomic E-state index is -4.12. The standard InChI is InChI=1S/C19H23F3N2O3/c1-12(11-25)17(26)24-16-9-14(18(27-2)23-10-16)6-3-13-4-7-15(8-5-13)19(20,21)22/h3,6,9-10,13,15,25H,1,4-5,7-8,11H2,2H3,(H,24,26). The number of hydrogen-bond donors (Lipinski definition) is 2. The maximum Gasteiger partial charge on any atom is 0.391 e. The van der Waals surface area contributed by atoms with Crippen molar-refractivity contribution in [2.24, 2.45) is 11.8 Å². The first-order valence-electron chi connectivity index (χ1n) is 8.63. The molecule has 1 aliphatic rings. The Bertz CT molecular complexity index is 709. The van der Waals surface area contributed by atoms with E-state index in [2.05, 4.69) is 16.9 Å². The van der Waals surface area contributed by atoms with Crippen LogP contribution in [0.15, 0.2) is 30.5 Å². The number of halogens is 3. The Balaban J connectivity index is 2.06. The van der Waals surface area contributed by atoms with E-state index in [4.69, 9.17) is 9.84 Å². The van der Waals surface area contributed by atoms with Gasteiger partial charge in [0.15, 0.2) is 0 Å². The summed E-state index contributed by atoms with van der Waals surface area (Å²) in [5.41, 5.74) is 1.02. The Morgan fingerprint density at radius 1 is 1.41 bits per heavy atom. The number of ether oxygens (including phenoxy) is 1. The molecule has 1 saturated carbocycles. The molecule has 1 aromatic heterocycles. The maximum absolute atomic E-state index is 12.7. The molecule has 0 radical (unpaired) electrons. The van der Waals surface area contributed by atoms with Crippen molar-refractivity contribution in [2.45, 2.75) is 31.9 Å². The average molecular weight is 384 g/mol. The highest BCUT2D eigenvalue weighted by Crippen LogP contribution is 2.40. The van der Waals surface area contributed by atoms with Crippen LogP contribution in [0.3, 0.4) is 0 Å². The molecule has 8 heteroatoms. The number of rotatable bonds is 6. The summed E-state index contributed by atoms with van der Waals surface area (Å²) in [4.78, 5) is 15.9. The number of amides is 1. The number of aliphatic hydroxyl groups excluding tert-OH is 1. The number of aliphatic hydroxyl groups is 1. The van der Waals surface area contributed by atoms with E-state index in [9.17, 15) is 18.0 Å². The van der Waals surface area contributed by atoms with Gasteiger partial charge in [0.1, 0.15) is 0 Å². The summed E-state index contributed by atoms with van der Waals surface area (Å²) in [6.07, 6.45) is 2.12. The zero-order chi connectivity index (χ0) is 20.0. The summed E-state index contributed by atoms with van der Waals surface area (Å²) in [6.45, 7) is 2.99. The molecule has 1 heterocycles. The van der Waals surface area contributed by atoms with Gasteiger partial charge in [-0.15, -0.1) is 0 Å². The molecule has 1 amide bonds. The van der Waals surface area contributed by atoms with Crippen LogP contribution in [0.4, 0.5) is 18.9 Å². The number of anilines is 1. The smallest absolute Gasteiger partial charge is 0.391 e. The molecule has 0 aromatic carbocycles. The van der Waals surface area contributed by atoms with Gasteiger partial charge in [-0.3, -0.25) is 4.79 Å². The number of aromatic nitrogens is 1. The Labute approximate surface area is 155 Å². The number of nitrogens with one attached hydrogen (secondary N) is 1. The minimum Gasteiger partial charge on any atom is -0.481 e. The SMILES string of the molecule is C=C(CO)C(=O)Nc1cnc(OC)c(C=CC2CCC(C(F)(F)F)CC2)c1. The molecule has 0 aliphatic heterocycles. The van der Waals surface area contributed by atoms with Crippen LogP contribution in [0.25, 0.3) is 6.08 Å². The predicted octanol–water partition coefficient (Wildman–Crippen LogP) is 3.96. The lowest BCUT2D eigenvalue weighted by Gasteiger charge is -2.28. The van der Waals surface area contributed by atoms with E-state index in [-0.39, 0.29) is 24.3 Å². The molecule has 2 N–H and O–H groups in total. The molecule has 1 aromatic rings. The number of methoxy groups -OCH3 is 1. The maximum atomic E-state index is 12.7. The second kappa shape index (κ2) is 9.03. The van der Waals surface area contributed by atoms with Crippen molar-refractivity contribution < 1.29 is 27.8 Å². The third kappa shape index (κ3) is 5.82.